The molecule has 8 nitrogen and oxygen atoms in total. The highest BCUT2D eigenvalue weighted by Crippen LogP contribution is 2.41. The van der Waals surface area contributed by atoms with Gasteiger partial charge in [-0.25, -0.2) is 4.79 Å². The number of allylic oxidation sites excluding steroid dienone is 1. The van der Waals surface area contributed by atoms with Crippen LogP contribution in [0.1, 0.15) is 28.4 Å². The minimum absolute atomic E-state index is 0.127. The molecule has 0 saturated carbocycles. The van der Waals surface area contributed by atoms with Crippen molar-refractivity contribution in [3.8, 4) is 28.7 Å². The van der Waals surface area contributed by atoms with Crippen LogP contribution in [0.25, 0.3) is 6.08 Å². The van der Waals surface area contributed by atoms with Crippen molar-refractivity contribution >= 4 is 17.8 Å². The van der Waals surface area contributed by atoms with E-state index >= 15 is 0 Å². The van der Waals surface area contributed by atoms with Crippen LogP contribution in [0.15, 0.2) is 30.0 Å². The highest BCUT2D eigenvalue weighted by molar-refractivity contribution is 6.15. The number of rotatable bonds is 7. The van der Waals surface area contributed by atoms with E-state index in [4.69, 9.17) is 23.7 Å². The Morgan fingerprint density at radius 1 is 0.968 bits per heavy atom. The van der Waals surface area contributed by atoms with Crippen LogP contribution >= 0.6 is 0 Å². The lowest BCUT2D eigenvalue weighted by atomic mass is 10.1. The van der Waals surface area contributed by atoms with Crippen molar-refractivity contribution in [1.29, 1.82) is 0 Å². The predicted molar refractivity (Wildman–Crippen MR) is 112 cm³/mol. The molecule has 31 heavy (non-hydrogen) atoms. The van der Waals surface area contributed by atoms with Gasteiger partial charge in [-0.05, 0) is 38.1 Å². The third-order valence-electron chi connectivity index (χ3n) is 4.90. The van der Waals surface area contributed by atoms with Crippen LogP contribution in [0.2, 0.25) is 0 Å². The maximum atomic E-state index is 12.9. The molecule has 0 fully saturated rings. The SMILES string of the molecule is COC(=O)C(C)Oc1ccc2c(c1C)O/C(=C\c1cc(OC)c(OC)cc1OC)C2=O. The first-order chi connectivity index (χ1) is 14.8. The Bertz CT molecular complexity index is 1050. The maximum absolute atomic E-state index is 12.9. The highest BCUT2D eigenvalue weighted by atomic mass is 16.6. The van der Waals surface area contributed by atoms with Gasteiger partial charge >= 0.3 is 5.97 Å². The lowest BCUT2D eigenvalue weighted by Crippen LogP contribution is -2.25. The molecule has 1 heterocycles. The minimum atomic E-state index is -0.801. The van der Waals surface area contributed by atoms with Crippen molar-refractivity contribution < 1.29 is 38.0 Å². The molecule has 8 heteroatoms. The smallest absolute Gasteiger partial charge is 0.346 e. The van der Waals surface area contributed by atoms with Crippen molar-refractivity contribution in [1.82, 2.24) is 0 Å². The molecule has 164 valence electrons. The first kappa shape index (κ1) is 22.0. The molecule has 1 unspecified atom stereocenters. The van der Waals surface area contributed by atoms with Gasteiger partial charge in [-0.1, -0.05) is 0 Å². The molecule has 0 spiro atoms. The van der Waals surface area contributed by atoms with E-state index in [9.17, 15) is 9.59 Å². The summed E-state index contributed by atoms with van der Waals surface area (Å²) in [5.74, 6) is 1.63. The zero-order valence-electron chi connectivity index (χ0n) is 18.2. The Balaban J connectivity index is 1.97. The van der Waals surface area contributed by atoms with Gasteiger partial charge in [-0.2, -0.15) is 0 Å². The van der Waals surface area contributed by atoms with Crippen LogP contribution in [-0.4, -0.2) is 46.3 Å². The van der Waals surface area contributed by atoms with Crippen LogP contribution < -0.4 is 23.7 Å². The number of methoxy groups -OCH3 is 4. The van der Waals surface area contributed by atoms with Crippen LogP contribution in [0.4, 0.5) is 0 Å². The van der Waals surface area contributed by atoms with Crippen LogP contribution in [0, 0.1) is 6.92 Å². The van der Waals surface area contributed by atoms with Crippen LogP contribution in [-0.2, 0) is 9.53 Å². The summed E-state index contributed by atoms with van der Waals surface area (Å²) in [6, 6.07) is 6.61. The van der Waals surface area contributed by atoms with Gasteiger partial charge in [-0.15, -0.1) is 0 Å². The lowest BCUT2D eigenvalue weighted by Gasteiger charge is -2.15. The average Bonchev–Trinajstić information content (AvgIpc) is 3.10. The summed E-state index contributed by atoms with van der Waals surface area (Å²) < 4.78 is 32.3. The first-order valence-corrected chi connectivity index (χ1v) is 9.46. The Labute approximate surface area is 180 Å². The number of hydrogen-bond donors (Lipinski definition) is 0. The number of Topliss-reactive ketones (excluding diaryl/α,β-unsaturated/α-hetero) is 1. The molecule has 0 saturated heterocycles. The molecule has 2 aromatic carbocycles. The summed E-state index contributed by atoms with van der Waals surface area (Å²) in [7, 11) is 5.86. The summed E-state index contributed by atoms with van der Waals surface area (Å²) >= 11 is 0. The van der Waals surface area contributed by atoms with E-state index in [1.807, 2.05) is 0 Å². The van der Waals surface area contributed by atoms with E-state index in [-0.39, 0.29) is 11.5 Å². The summed E-state index contributed by atoms with van der Waals surface area (Å²) in [5, 5.41) is 0. The Hall–Kier alpha value is -3.68. The zero-order valence-corrected chi connectivity index (χ0v) is 18.2. The average molecular weight is 428 g/mol. The third-order valence-corrected chi connectivity index (χ3v) is 4.90. The molecule has 1 aliphatic rings. The fourth-order valence-electron chi connectivity index (χ4n) is 3.21. The van der Waals surface area contributed by atoms with E-state index in [0.717, 1.165) is 0 Å². The Morgan fingerprint density at radius 2 is 1.61 bits per heavy atom. The van der Waals surface area contributed by atoms with Crippen molar-refractivity contribution in [2.24, 2.45) is 0 Å². The Morgan fingerprint density at radius 3 is 2.23 bits per heavy atom. The quantitative estimate of drug-likeness (QED) is 0.488. The normalized spacial score (nSPS) is 14.5. The zero-order chi connectivity index (χ0) is 22.7. The summed E-state index contributed by atoms with van der Waals surface area (Å²) in [4.78, 5) is 24.6. The molecule has 0 aromatic heterocycles. The van der Waals surface area contributed by atoms with Crippen molar-refractivity contribution in [2.45, 2.75) is 20.0 Å². The molecule has 0 radical (unpaired) electrons. The van der Waals surface area contributed by atoms with Gasteiger partial charge in [0, 0.05) is 17.2 Å². The van der Waals surface area contributed by atoms with Crippen molar-refractivity contribution in [3.05, 3.63) is 46.7 Å². The highest BCUT2D eigenvalue weighted by Gasteiger charge is 2.31. The van der Waals surface area contributed by atoms with E-state index in [1.54, 1.807) is 44.2 Å². The fraction of sp³-hybridized carbons (Fsp3) is 0.304. The van der Waals surface area contributed by atoms with Gasteiger partial charge in [-0.3, -0.25) is 4.79 Å². The van der Waals surface area contributed by atoms with Crippen LogP contribution in [0.3, 0.4) is 0 Å². The number of benzene rings is 2. The minimum Gasteiger partial charge on any atom is -0.496 e. The first-order valence-electron chi connectivity index (χ1n) is 9.46. The molecular weight excluding hydrogens is 404 g/mol. The van der Waals surface area contributed by atoms with Gasteiger partial charge in [0.25, 0.3) is 0 Å². The number of ether oxygens (including phenoxy) is 6. The largest absolute Gasteiger partial charge is 0.496 e. The molecule has 1 atom stereocenters. The third kappa shape index (κ3) is 4.14. The molecular formula is C23H24O8. The molecule has 2 aromatic rings. The maximum Gasteiger partial charge on any atom is 0.346 e. The summed E-state index contributed by atoms with van der Waals surface area (Å²) in [6.45, 7) is 3.34. The molecule has 0 aliphatic carbocycles. The molecule has 0 amide bonds. The second-order valence-corrected chi connectivity index (χ2v) is 6.74. The number of esters is 1. The van der Waals surface area contributed by atoms with Crippen molar-refractivity contribution in [3.63, 3.8) is 0 Å². The fourth-order valence-corrected chi connectivity index (χ4v) is 3.21. The van der Waals surface area contributed by atoms with Gasteiger partial charge in [0.05, 0.1) is 34.0 Å². The topological polar surface area (TPSA) is 89.5 Å². The van der Waals surface area contributed by atoms with Gasteiger partial charge in [0.2, 0.25) is 5.78 Å². The number of fused-ring (bicyclic) bond motifs is 1. The number of hydrogen-bond acceptors (Lipinski definition) is 8. The molecule has 0 bridgehead atoms. The molecule has 3 rings (SSSR count). The number of carbonyl (C=O) groups is 2. The van der Waals surface area contributed by atoms with E-state index in [1.165, 1.54) is 28.4 Å². The Kier molecular flexibility index (Phi) is 6.39. The molecule has 0 N–H and O–H groups in total. The lowest BCUT2D eigenvalue weighted by molar-refractivity contribution is -0.147. The van der Waals surface area contributed by atoms with Gasteiger partial charge in [0.15, 0.2) is 23.4 Å². The van der Waals surface area contributed by atoms with Crippen molar-refractivity contribution in [2.75, 3.05) is 28.4 Å². The van der Waals surface area contributed by atoms with Crippen LogP contribution in [0.5, 0.6) is 28.7 Å². The monoisotopic (exact) mass is 428 g/mol. The number of ketones is 1. The van der Waals surface area contributed by atoms with Gasteiger partial charge < -0.3 is 28.4 Å². The van der Waals surface area contributed by atoms with Gasteiger partial charge in [0.1, 0.15) is 17.2 Å². The molecule has 1 aliphatic heterocycles. The second-order valence-electron chi connectivity index (χ2n) is 6.74. The summed E-state index contributed by atoms with van der Waals surface area (Å²) in [5.41, 5.74) is 1.59. The number of carbonyl (C=O) groups excluding carboxylic acids is 2. The predicted octanol–water partition coefficient (Wildman–Crippen LogP) is 3.58. The second kappa shape index (κ2) is 8.99. The van der Waals surface area contributed by atoms with E-state index in [0.29, 0.717) is 45.4 Å². The standard InChI is InChI=1S/C23H24O8/c1-12-16(30-13(2)23(25)29-6)8-7-15-21(24)20(31-22(12)15)10-14-9-18(27-4)19(28-5)11-17(14)26-3/h7-11,13H,1-6H3/b20-10-. The van der Waals surface area contributed by atoms with E-state index < -0.39 is 12.1 Å². The van der Waals surface area contributed by atoms with E-state index in [2.05, 4.69) is 4.74 Å². The summed E-state index contributed by atoms with van der Waals surface area (Å²) in [6.07, 6.45) is 0.782.